The first-order valence-electron chi connectivity index (χ1n) is 5.08. The van der Waals surface area contributed by atoms with Gasteiger partial charge in [-0.15, -0.1) is 0 Å². The van der Waals surface area contributed by atoms with E-state index in [-0.39, 0.29) is 5.56 Å². The Kier molecular flexibility index (Phi) is 3.24. The maximum atomic E-state index is 11.0. The molecule has 0 unspecified atom stereocenters. The molecule has 0 aliphatic rings. The van der Waals surface area contributed by atoms with Crippen molar-refractivity contribution in [1.82, 2.24) is 4.98 Å². The Hall–Kier alpha value is -2.08. The highest BCUT2D eigenvalue weighted by atomic mass is 16.5. The summed E-state index contributed by atoms with van der Waals surface area (Å²) in [5, 5.41) is 11.9. The number of oxazole rings is 1. The molecule has 0 amide bonds. The van der Waals surface area contributed by atoms with Crippen LogP contribution in [0.4, 0.5) is 6.01 Å². The first-order valence-corrected chi connectivity index (χ1v) is 5.08. The minimum Gasteiger partial charge on any atom is -0.478 e. The molecular formula is C11H12N2O4. The number of hydrogen-bond acceptors (Lipinski definition) is 5. The van der Waals surface area contributed by atoms with E-state index in [1.165, 1.54) is 6.07 Å². The lowest BCUT2D eigenvalue weighted by Gasteiger charge is -1.98. The Balaban J connectivity index is 2.30. The molecule has 0 aliphatic heterocycles. The molecule has 0 radical (unpaired) electrons. The fourth-order valence-corrected chi connectivity index (χ4v) is 1.46. The van der Waals surface area contributed by atoms with Gasteiger partial charge in [0.25, 0.3) is 6.01 Å². The van der Waals surface area contributed by atoms with Gasteiger partial charge in [0.1, 0.15) is 5.52 Å². The summed E-state index contributed by atoms with van der Waals surface area (Å²) >= 11 is 0. The SMILES string of the molecule is COCCNc1nc2c(C(=O)O)cccc2o1. The number of benzene rings is 1. The molecular weight excluding hydrogens is 224 g/mol. The number of aromatic carboxylic acids is 1. The topological polar surface area (TPSA) is 84.6 Å². The van der Waals surface area contributed by atoms with Crippen LogP contribution in [0, 0.1) is 0 Å². The summed E-state index contributed by atoms with van der Waals surface area (Å²) in [5.74, 6) is -1.02. The molecule has 1 aromatic carbocycles. The average Bonchev–Trinajstić information content (AvgIpc) is 2.71. The molecule has 0 bridgehead atoms. The van der Waals surface area contributed by atoms with Crippen molar-refractivity contribution in [2.24, 2.45) is 0 Å². The van der Waals surface area contributed by atoms with Crippen LogP contribution in [0.25, 0.3) is 11.1 Å². The molecule has 6 heteroatoms. The quantitative estimate of drug-likeness (QED) is 0.767. The maximum absolute atomic E-state index is 11.0. The van der Waals surface area contributed by atoms with Crippen LogP contribution in [0.2, 0.25) is 0 Å². The van der Waals surface area contributed by atoms with Crippen molar-refractivity contribution in [2.75, 3.05) is 25.6 Å². The molecule has 2 aromatic rings. The molecule has 90 valence electrons. The molecule has 0 saturated heterocycles. The molecule has 6 nitrogen and oxygen atoms in total. The molecule has 0 saturated carbocycles. The zero-order chi connectivity index (χ0) is 12.3. The third-order valence-corrected chi connectivity index (χ3v) is 2.23. The van der Waals surface area contributed by atoms with Gasteiger partial charge in [0.15, 0.2) is 5.58 Å². The van der Waals surface area contributed by atoms with Gasteiger partial charge in [-0.3, -0.25) is 0 Å². The van der Waals surface area contributed by atoms with Crippen LogP contribution < -0.4 is 5.32 Å². The number of fused-ring (bicyclic) bond motifs is 1. The summed E-state index contributed by atoms with van der Waals surface area (Å²) in [7, 11) is 1.59. The second kappa shape index (κ2) is 4.84. The fourth-order valence-electron chi connectivity index (χ4n) is 1.46. The van der Waals surface area contributed by atoms with E-state index in [4.69, 9.17) is 14.3 Å². The van der Waals surface area contributed by atoms with Gasteiger partial charge in [-0.05, 0) is 12.1 Å². The molecule has 0 spiro atoms. The lowest BCUT2D eigenvalue weighted by Crippen LogP contribution is -2.07. The largest absolute Gasteiger partial charge is 0.478 e. The number of hydrogen-bond donors (Lipinski definition) is 2. The summed E-state index contributed by atoms with van der Waals surface area (Å²) in [6.07, 6.45) is 0. The normalized spacial score (nSPS) is 10.6. The Morgan fingerprint density at radius 2 is 2.41 bits per heavy atom. The standard InChI is InChI=1S/C11H12N2O4/c1-16-6-5-12-11-13-9-7(10(14)15)3-2-4-8(9)17-11/h2-4H,5-6H2,1H3,(H,12,13)(H,14,15). The summed E-state index contributed by atoms with van der Waals surface area (Å²) in [6, 6.07) is 5.09. The number of anilines is 1. The number of rotatable bonds is 5. The number of ether oxygens (including phenoxy) is 1. The van der Waals surface area contributed by atoms with E-state index in [1.807, 2.05) is 0 Å². The molecule has 17 heavy (non-hydrogen) atoms. The highest BCUT2D eigenvalue weighted by molar-refractivity contribution is 6.00. The first kappa shape index (κ1) is 11.4. The number of carboxylic acids is 1. The molecule has 1 heterocycles. The third kappa shape index (κ3) is 2.36. The van der Waals surface area contributed by atoms with Gasteiger partial charge < -0.3 is 19.6 Å². The number of carbonyl (C=O) groups is 1. The van der Waals surface area contributed by atoms with Crippen molar-refractivity contribution in [3.8, 4) is 0 Å². The zero-order valence-corrected chi connectivity index (χ0v) is 9.27. The van der Waals surface area contributed by atoms with Gasteiger partial charge in [-0.1, -0.05) is 6.07 Å². The number of aromatic nitrogens is 1. The summed E-state index contributed by atoms with van der Waals surface area (Å²) in [6.45, 7) is 1.07. The van der Waals surface area contributed by atoms with Crippen LogP contribution in [-0.2, 0) is 4.74 Å². The summed E-state index contributed by atoms with van der Waals surface area (Å²) in [5.41, 5.74) is 0.927. The van der Waals surface area contributed by atoms with Gasteiger partial charge in [0.05, 0.1) is 12.2 Å². The highest BCUT2D eigenvalue weighted by Crippen LogP contribution is 2.22. The smallest absolute Gasteiger partial charge is 0.338 e. The Labute approximate surface area is 97.2 Å². The predicted octanol–water partition coefficient (Wildman–Crippen LogP) is 1.58. The van der Waals surface area contributed by atoms with Crippen molar-refractivity contribution < 1.29 is 19.1 Å². The van der Waals surface area contributed by atoms with Crippen LogP contribution >= 0.6 is 0 Å². The van der Waals surface area contributed by atoms with E-state index >= 15 is 0 Å². The number of carboxylic acid groups (broad SMARTS) is 1. The fraction of sp³-hybridized carbons (Fsp3) is 0.273. The number of nitrogens with one attached hydrogen (secondary N) is 1. The van der Waals surface area contributed by atoms with Gasteiger partial charge in [-0.2, -0.15) is 4.98 Å². The minimum absolute atomic E-state index is 0.131. The van der Waals surface area contributed by atoms with Crippen molar-refractivity contribution in [3.63, 3.8) is 0 Å². The van der Waals surface area contributed by atoms with E-state index in [1.54, 1.807) is 19.2 Å². The van der Waals surface area contributed by atoms with Crippen molar-refractivity contribution in [3.05, 3.63) is 23.8 Å². The lowest BCUT2D eigenvalue weighted by atomic mass is 10.2. The Morgan fingerprint density at radius 1 is 1.59 bits per heavy atom. The van der Waals surface area contributed by atoms with Crippen molar-refractivity contribution in [1.29, 1.82) is 0 Å². The van der Waals surface area contributed by atoms with E-state index in [0.717, 1.165) is 0 Å². The third-order valence-electron chi connectivity index (χ3n) is 2.23. The molecule has 0 aliphatic carbocycles. The van der Waals surface area contributed by atoms with Gasteiger partial charge in [0.2, 0.25) is 0 Å². The summed E-state index contributed by atoms with van der Waals surface area (Å²) < 4.78 is 10.2. The minimum atomic E-state index is -1.02. The average molecular weight is 236 g/mol. The van der Waals surface area contributed by atoms with Gasteiger partial charge >= 0.3 is 5.97 Å². The number of methoxy groups -OCH3 is 1. The molecule has 1 aromatic heterocycles. The van der Waals surface area contributed by atoms with Crippen molar-refractivity contribution in [2.45, 2.75) is 0 Å². The van der Waals surface area contributed by atoms with Crippen LogP contribution in [0.1, 0.15) is 10.4 Å². The van der Waals surface area contributed by atoms with E-state index in [9.17, 15) is 4.79 Å². The summed E-state index contributed by atoms with van der Waals surface area (Å²) in [4.78, 5) is 15.1. The predicted molar refractivity (Wildman–Crippen MR) is 61.3 cm³/mol. The monoisotopic (exact) mass is 236 g/mol. The molecule has 2 N–H and O–H groups in total. The lowest BCUT2D eigenvalue weighted by molar-refractivity contribution is 0.0699. The molecule has 0 atom stereocenters. The van der Waals surface area contributed by atoms with Gasteiger partial charge in [-0.25, -0.2) is 4.79 Å². The van der Waals surface area contributed by atoms with Crippen LogP contribution in [-0.4, -0.2) is 36.3 Å². The van der Waals surface area contributed by atoms with Crippen LogP contribution in [0.3, 0.4) is 0 Å². The van der Waals surface area contributed by atoms with Crippen LogP contribution in [0.15, 0.2) is 22.6 Å². The number of nitrogens with zero attached hydrogens (tertiary/aromatic N) is 1. The number of para-hydroxylation sites is 1. The maximum Gasteiger partial charge on any atom is 0.338 e. The highest BCUT2D eigenvalue weighted by Gasteiger charge is 2.13. The van der Waals surface area contributed by atoms with E-state index in [0.29, 0.717) is 30.3 Å². The van der Waals surface area contributed by atoms with E-state index < -0.39 is 5.97 Å². The first-order chi connectivity index (χ1) is 8.22. The van der Waals surface area contributed by atoms with E-state index in [2.05, 4.69) is 10.3 Å². The van der Waals surface area contributed by atoms with Crippen molar-refractivity contribution >= 4 is 23.1 Å². The second-order valence-corrected chi connectivity index (χ2v) is 3.40. The van der Waals surface area contributed by atoms with Crippen LogP contribution in [0.5, 0.6) is 0 Å². The Bertz CT molecular complexity index is 535. The molecule has 0 fully saturated rings. The van der Waals surface area contributed by atoms with Gasteiger partial charge in [0, 0.05) is 13.7 Å². The molecule has 2 rings (SSSR count). The zero-order valence-electron chi connectivity index (χ0n) is 9.27. The second-order valence-electron chi connectivity index (χ2n) is 3.40. The Morgan fingerprint density at radius 3 is 3.12 bits per heavy atom.